The van der Waals surface area contributed by atoms with Gasteiger partial charge in [-0.25, -0.2) is 0 Å². The molecule has 2 atom stereocenters. The monoisotopic (exact) mass is 308 g/mol. The third kappa shape index (κ3) is 3.18. The summed E-state index contributed by atoms with van der Waals surface area (Å²) in [5, 5.41) is 0. The first-order valence-corrected chi connectivity index (χ1v) is 9.21. The number of rotatable bonds is 3. The Morgan fingerprint density at radius 1 is 1.04 bits per heavy atom. The van der Waals surface area contributed by atoms with E-state index in [1.165, 1.54) is 24.8 Å². The van der Waals surface area contributed by atoms with Gasteiger partial charge < -0.3 is 0 Å². The number of hydrogen-bond acceptors (Lipinski definition) is 0. The molecule has 0 amide bonds. The molecule has 2 aliphatic carbocycles. The Labute approximate surface area is 142 Å². The maximum Gasteiger partial charge on any atom is -0.00927 e. The Morgan fingerprint density at radius 2 is 1.70 bits per heavy atom. The van der Waals surface area contributed by atoms with Gasteiger partial charge in [0.2, 0.25) is 0 Å². The fraction of sp³-hybridized carbons (Fsp3) is 0.565. The summed E-state index contributed by atoms with van der Waals surface area (Å²) in [6.07, 6.45) is 10.8. The van der Waals surface area contributed by atoms with Crippen molar-refractivity contribution in [2.75, 3.05) is 0 Å². The van der Waals surface area contributed by atoms with Crippen LogP contribution in [0, 0.1) is 5.92 Å². The van der Waals surface area contributed by atoms with Crippen LogP contribution < -0.4 is 0 Å². The van der Waals surface area contributed by atoms with E-state index in [2.05, 4.69) is 78.0 Å². The smallest absolute Gasteiger partial charge is 0.00927 e. The summed E-state index contributed by atoms with van der Waals surface area (Å²) in [4.78, 5) is 0. The molecule has 0 nitrogen and oxygen atoms in total. The van der Waals surface area contributed by atoms with Gasteiger partial charge in [-0.05, 0) is 72.5 Å². The molecule has 1 aromatic carbocycles. The average Bonchev–Trinajstić information content (AvgIpc) is 3.29. The van der Waals surface area contributed by atoms with Crippen molar-refractivity contribution in [3.63, 3.8) is 0 Å². The zero-order chi connectivity index (χ0) is 16.8. The van der Waals surface area contributed by atoms with Crippen LogP contribution in [0.4, 0.5) is 0 Å². The van der Waals surface area contributed by atoms with E-state index < -0.39 is 0 Å². The highest BCUT2D eigenvalue weighted by molar-refractivity contribution is 5.46. The predicted octanol–water partition coefficient (Wildman–Crippen LogP) is 6.66. The van der Waals surface area contributed by atoms with Gasteiger partial charge in [0, 0.05) is 0 Å². The second-order valence-electron chi connectivity index (χ2n) is 8.97. The molecule has 0 heteroatoms. The van der Waals surface area contributed by atoms with Crippen LogP contribution in [0.15, 0.2) is 42.0 Å². The predicted molar refractivity (Wildman–Crippen MR) is 101 cm³/mol. The molecule has 2 aliphatic rings. The Kier molecular flexibility index (Phi) is 4.07. The first-order chi connectivity index (χ1) is 10.7. The molecule has 0 aromatic heterocycles. The van der Waals surface area contributed by atoms with Gasteiger partial charge in [0.15, 0.2) is 0 Å². The topological polar surface area (TPSA) is 0 Å². The van der Waals surface area contributed by atoms with E-state index in [-0.39, 0.29) is 0 Å². The second-order valence-corrected chi connectivity index (χ2v) is 8.97. The fourth-order valence-corrected chi connectivity index (χ4v) is 4.02. The molecule has 0 aliphatic heterocycles. The molecule has 0 saturated heterocycles. The normalized spacial score (nSPS) is 28.7. The minimum Gasteiger partial charge on any atom is -0.0847 e. The van der Waals surface area contributed by atoms with Crippen molar-refractivity contribution in [2.45, 2.75) is 77.6 Å². The molecule has 0 spiro atoms. The zero-order valence-electron chi connectivity index (χ0n) is 15.7. The van der Waals surface area contributed by atoms with Crippen LogP contribution in [0.3, 0.4) is 0 Å². The molecule has 1 saturated carbocycles. The van der Waals surface area contributed by atoms with Crippen LogP contribution in [-0.2, 0) is 10.8 Å². The van der Waals surface area contributed by atoms with Gasteiger partial charge in [-0.2, -0.15) is 0 Å². The molecule has 2 unspecified atom stereocenters. The molecule has 23 heavy (non-hydrogen) atoms. The largest absolute Gasteiger partial charge is 0.0847 e. The Bertz CT molecular complexity index is 655. The quantitative estimate of drug-likeness (QED) is 0.547. The van der Waals surface area contributed by atoms with Crippen molar-refractivity contribution in [1.82, 2.24) is 0 Å². The van der Waals surface area contributed by atoms with Crippen LogP contribution in [-0.4, -0.2) is 0 Å². The van der Waals surface area contributed by atoms with Crippen LogP contribution in [0.2, 0.25) is 0 Å². The van der Waals surface area contributed by atoms with Gasteiger partial charge in [-0.15, -0.1) is 0 Å². The highest BCUT2D eigenvalue weighted by atomic mass is 14.4. The molecule has 0 heterocycles. The number of benzene rings is 1. The number of fused-ring (bicyclic) bond motifs is 1. The first kappa shape index (κ1) is 16.6. The van der Waals surface area contributed by atoms with Crippen molar-refractivity contribution < 1.29 is 0 Å². The van der Waals surface area contributed by atoms with E-state index in [1.807, 2.05) is 0 Å². The van der Waals surface area contributed by atoms with Gasteiger partial charge in [0.05, 0.1) is 0 Å². The van der Waals surface area contributed by atoms with Gasteiger partial charge in [-0.3, -0.25) is 0 Å². The van der Waals surface area contributed by atoms with E-state index >= 15 is 0 Å². The molecular weight excluding hydrogens is 276 g/mol. The molecule has 0 bridgehead atoms. The molecule has 3 rings (SSSR count). The SMILES string of the molecule is C/C=C(C)/C=C/C1CC1c1ccc2c(c1)C(C)(C)CCC2(C)C. The van der Waals surface area contributed by atoms with Crippen LogP contribution >= 0.6 is 0 Å². The third-order valence-corrected chi connectivity index (χ3v) is 6.21. The summed E-state index contributed by atoms with van der Waals surface area (Å²) in [6, 6.07) is 7.38. The van der Waals surface area contributed by atoms with E-state index in [0.29, 0.717) is 10.8 Å². The minimum atomic E-state index is 0.322. The van der Waals surface area contributed by atoms with Crippen molar-refractivity contribution in [3.05, 3.63) is 58.7 Å². The van der Waals surface area contributed by atoms with Crippen LogP contribution in [0.1, 0.15) is 83.4 Å². The van der Waals surface area contributed by atoms with Crippen LogP contribution in [0.25, 0.3) is 0 Å². The average molecular weight is 309 g/mol. The van der Waals surface area contributed by atoms with Crippen molar-refractivity contribution in [1.29, 1.82) is 0 Å². The summed E-state index contributed by atoms with van der Waals surface area (Å²) < 4.78 is 0. The maximum absolute atomic E-state index is 2.54. The van der Waals surface area contributed by atoms with Crippen molar-refractivity contribution >= 4 is 0 Å². The van der Waals surface area contributed by atoms with Gasteiger partial charge in [0.1, 0.15) is 0 Å². The lowest BCUT2D eigenvalue weighted by Gasteiger charge is -2.42. The Hall–Kier alpha value is -1.30. The lowest BCUT2D eigenvalue weighted by molar-refractivity contribution is 0.331. The third-order valence-electron chi connectivity index (χ3n) is 6.21. The lowest BCUT2D eigenvalue weighted by atomic mass is 9.63. The molecule has 0 radical (unpaired) electrons. The summed E-state index contributed by atoms with van der Waals surface area (Å²) in [7, 11) is 0. The van der Waals surface area contributed by atoms with Crippen molar-refractivity contribution in [3.8, 4) is 0 Å². The Balaban J connectivity index is 1.86. The molecule has 1 aromatic rings. The molecular formula is C23H32. The van der Waals surface area contributed by atoms with Crippen molar-refractivity contribution in [2.24, 2.45) is 5.92 Å². The zero-order valence-corrected chi connectivity index (χ0v) is 15.7. The van der Waals surface area contributed by atoms with Gasteiger partial charge >= 0.3 is 0 Å². The second kappa shape index (κ2) is 5.65. The van der Waals surface area contributed by atoms with E-state index in [9.17, 15) is 0 Å². The highest BCUT2D eigenvalue weighted by Gasteiger charge is 2.40. The summed E-state index contributed by atoms with van der Waals surface area (Å²) in [6.45, 7) is 13.9. The lowest BCUT2D eigenvalue weighted by Crippen LogP contribution is -2.33. The highest BCUT2D eigenvalue weighted by Crippen LogP contribution is 2.52. The summed E-state index contributed by atoms with van der Waals surface area (Å²) in [5.74, 6) is 1.48. The standard InChI is InChI=1S/C23H32/c1-7-16(2)8-9-17-14-19(17)18-10-11-20-21(15-18)23(5,6)13-12-22(20,3)4/h7-11,15,17,19H,12-14H2,1-6H3/b9-8+,16-7+. The molecule has 1 fully saturated rings. The molecule has 124 valence electrons. The van der Waals surface area contributed by atoms with Gasteiger partial charge in [-0.1, -0.05) is 69.7 Å². The number of allylic oxidation sites excluding steroid dienone is 4. The summed E-state index contributed by atoms with van der Waals surface area (Å²) >= 11 is 0. The van der Waals surface area contributed by atoms with Crippen LogP contribution in [0.5, 0.6) is 0 Å². The number of hydrogen-bond donors (Lipinski definition) is 0. The van der Waals surface area contributed by atoms with E-state index in [4.69, 9.17) is 0 Å². The summed E-state index contributed by atoms with van der Waals surface area (Å²) in [5.41, 5.74) is 6.75. The van der Waals surface area contributed by atoms with Gasteiger partial charge in [0.25, 0.3) is 0 Å². The van der Waals surface area contributed by atoms with E-state index in [0.717, 1.165) is 11.8 Å². The fourth-order valence-electron chi connectivity index (χ4n) is 4.02. The van der Waals surface area contributed by atoms with E-state index in [1.54, 1.807) is 16.7 Å². The minimum absolute atomic E-state index is 0.322. The molecule has 0 N–H and O–H groups in total. The Morgan fingerprint density at radius 3 is 2.35 bits per heavy atom. The first-order valence-electron chi connectivity index (χ1n) is 9.21. The maximum atomic E-state index is 2.54.